The van der Waals surface area contributed by atoms with Gasteiger partial charge in [-0.1, -0.05) is 11.6 Å². The van der Waals surface area contributed by atoms with E-state index < -0.39 is 6.10 Å². The average Bonchev–Trinajstić information content (AvgIpc) is 2.12. The minimum Gasteiger partial charge on any atom is -0.390 e. The lowest BCUT2D eigenvalue weighted by Gasteiger charge is -2.26. The van der Waals surface area contributed by atoms with Gasteiger partial charge in [-0.2, -0.15) is 0 Å². The van der Waals surface area contributed by atoms with E-state index in [1.54, 1.807) is 11.8 Å². The number of aliphatic hydroxyl groups is 1. The van der Waals surface area contributed by atoms with Crippen molar-refractivity contribution in [2.75, 3.05) is 5.75 Å². The van der Waals surface area contributed by atoms with Gasteiger partial charge in [0, 0.05) is 15.7 Å². The Morgan fingerprint density at radius 1 is 1.54 bits per heavy atom. The van der Waals surface area contributed by atoms with E-state index in [9.17, 15) is 5.11 Å². The van der Waals surface area contributed by atoms with Crippen LogP contribution in [0.5, 0.6) is 0 Å². The molecule has 1 aromatic rings. The van der Waals surface area contributed by atoms with Crippen molar-refractivity contribution in [3.05, 3.63) is 28.8 Å². The Kier molecular flexibility index (Phi) is 2.51. The van der Waals surface area contributed by atoms with E-state index in [1.165, 1.54) is 0 Å². The molecular weight excluding hydrogens is 206 g/mol. The number of hydrogen-bond acceptors (Lipinski definition) is 3. The zero-order valence-corrected chi connectivity index (χ0v) is 8.48. The minimum atomic E-state index is -0.462. The van der Waals surface area contributed by atoms with Gasteiger partial charge in [0.1, 0.15) is 0 Å². The Labute approximate surface area is 86.1 Å². The molecule has 0 aliphatic carbocycles. The molecule has 2 unspecified atom stereocenters. The van der Waals surface area contributed by atoms with E-state index in [0.717, 1.165) is 10.5 Å². The Morgan fingerprint density at radius 3 is 3.08 bits per heavy atom. The lowest BCUT2D eigenvalue weighted by molar-refractivity contribution is 0.165. The second-order valence-electron chi connectivity index (χ2n) is 3.09. The van der Waals surface area contributed by atoms with Crippen molar-refractivity contribution in [3.63, 3.8) is 0 Å². The van der Waals surface area contributed by atoms with Gasteiger partial charge in [-0.3, -0.25) is 0 Å². The summed E-state index contributed by atoms with van der Waals surface area (Å²) in [5, 5.41) is 10.2. The van der Waals surface area contributed by atoms with E-state index in [2.05, 4.69) is 0 Å². The molecule has 2 nitrogen and oxygen atoms in total. The van der Waals surface area contributed by atoms with Crippen LogP contribution < -0.4 is 5.73 Å². The molecule has 0 radical (unpaired) electrons. The number of aliphatic hydroxyl groups excluding tert-OH is 1. The van der Waals surface area contributed by atoms with Gasteiger partial charge >= 0.3 is 0 Å². The van der Waals surface area contributed by atoms with E-state index in [1.807, 2.05) is 18.2 Å². The number of hydrogen-bond donors (Lipinski definition) is 2. The van der Waals surface area contributed by atoms with Gasteiger partial charge in [-0.15, -0.1) is 11.8 Å². The Morgan fingerprint density at radius 2 is 2.31 bits per heavy atom. The summed E-state index contributed by atoms with van der Waals surface area (Å²) in [6, 6.07) is 5.33. The summed E-state index contributed by atoms with van der Waals surface area (Å²) in [6.07, 6.45) is -0.462. The largest absolute Gasteiger partial charge is 0.390 e. The highest BCUT2D eigenvalue weighted by Crippen LogP contribution is 2.36. The molecule has 0 saturated carbocycles. The Bertz CT molecular complexity index is 331. The van der Waals surface area contributed by atoms with E-state index >= 15 is 0 Å². The molecule has 1 aliphatic rings. The van der Waals surface area contributed by atoms with Crippen molar-refractivity contribution in [1.82, 2.24) is 0 Å². The molecule has 0 aromatic heterocycles. The third kappa shape index (κ3) is 1.70. The van der Waals surface area contributed by atoms with Crippen molar-refractivity contribution in [2.45, 2.75) is 17.0 Å². The molecule has 0 saturated heterocycles. The topological polar surface area (TPSA) is 46.2 Å². The van der Waals surface area contributed by atoms with Crippen LogP contribution in [0.4, 0.5) is 0 Å². The number of nitrogens with two attached hydrogens (primary N) is 1. The smallest absolute Gasteiger partial charge is 0.0826 e. The number of benzene rings is 1. The summed E-state index contributed by atoms with van der Waals surface area (Å²) in [5.41, 5.74) is 6.79. The first-order chi connectivity index (χ1) is 6.18. The van der Waals surface area contributed by atoms with Crippen LogP contribution in [0.3, 0.4) is 0 Å². The van der Waals surface area contributed by atoms with Crippen molar-refractivity contribution in [2.24, 2.45) is 5.73 Å². The van der Waals surface area contributed by atoms with E-state index in [-0.39, 0.29) is 6.04 Å². The predicted molar refractivity (Wildman–Crippen MR) is 55.1 cm³/mol. The molecular formula is C9H10ClNOS. The Hall–Kier alpha value is -0.220. The van der Waals surface area contributed by atoms with Crippen molar-refractivity contribution < 1.29 is 5.11 Å². The molecule has 1 heterocycles. The third-order valence-electron chi connectivity index (χ3n) is 2.16. The quantitative estimate of drug-likeness (QED) is 0.694. The standard InChI is InChI=1S/C9H10ClNOS/c10-5-1-2-8-6(3-5)9(11)7(12)4-13-8/h1-3,7,9,12H,4,11H2. The van der Waals surface area contributed by atoms with Crippen LogP contribution in [-0.4, -0.2) is 17.0 Å². The molecule has 70 valence electrons. The van der Waals surface area contributed by atoms with Gasteiger partial charge in [-0.25, -0.2) is 0 Å². The monoisotopic (exact) mass is 215 g/mol. The first-order valence-electron chi connectivity index (χ1n) is 4.04. The average molecular weight is 216 g/mol. The van der Waals surface area contributed by atoms with E-state index in [0.29, 0.717) is 10.8 Å². The normalized spacial score (nSPS) is 27.0. The molecule has 3 N–H and O–H groups in total. The van der Waals surface area contributed by atoms with Gasteiger partial charge in [-0.05, 0) is 23.8 Å². The van der Waals surface area contributed by atoms with Gasteiger partial charge in [0.2, 0.25) is 0 Å². The second-order valence-corrected chi connectivity index (χ2v) is 4.58. The molecule has 13 heavy (non-hydrogen) atoms. The molecule has 0 spiro atoms. The molecule has 4 heteroatoms. The lowest BCUT2D eigenvalue weighted by atomic mass is 10.0. The molecule has 2 atom stereocenters. The fraction of sp³-hybridized carbons (Fsp3) is 0.333. The SMILES string of the molecule is NC1c2cc(Cl)ccc2SCC1O. The van der Waals surface area contributed by atoms with Crippen LogP contribution in [0.2, 0.25) is 5.02 Å². The number of halogens is 1. The lowest BCUT2D eigenvalue weighted by Crippen LogP contribution is -2.31. The van der Waals surface area contributed by atoms with Crippen LogP contribution in [-0.2, 0) is 0 Å². The number of thioether (sulfide) groups is 1. The molecule has 0 fully saturated rings. The zero-order chi connectivity index (χ0) is 9.42. The van der Waals surface area contributed by atoms with Crippen LogP contribution in [0.1, 0.15) is 11.6 Å². The Balaban J connectivity index is 2.45. The maximum absolute atomic E-state index is 9.53. The summed E-state index contributed by atoms with van der Waals surface area (Å²) in [6.45, 7) is 0. The fourth-order valence-electron chi connectivity index (χ4n) is 1.40. The molecule has 2 rings (SSSR count). The van der Waals surface area contributed by atoms with Gasteiger partial charge < -0.3 is 10.8 Å². The molecule has 1 aliphatic heterocycles. The van der Waals surface area contributed by atoms with Crippen LogP contribution >= 0.6 is 23.4 Å². The van der Waals surface area contributed by atoms with Gasteiger partial charge in [0.05, 0.1) is 12.1 Å². The van der Waals surface area contributed by atoms with Crippen LogP contribution in [0.15, 0.2) is 23.1 Å². The van der Waals surface area contributed by atoms with Gasteiger partial charge in [0.25, 0.3) is 0 Å². The maximum Gasteiger partial charge on any atom is 0.0826 e. The maximum atomic E-state index is 9.53. The molecule has 0 bridgehead atoms. The van der Waals surface area contributed by atoms with Crippen molar-refractivity contribution in [1.29, 1.82) is 0 Å². The number of rotatable bonds is 0. The number of fused-ring (bicyclic) bond motifs is 1. The van der Waals surface area contributed by atoms with Crippen molar-refractivity contribution in [3.8, 4) is 0 Å². The van der Waals surface area contributed by atoms with Crippen LogP contribution in [0.25, 0.3) is 0 Å². The predicted octanol–water partition coefficient (Wildman–Crippen LogP) is 1.81. The summed E-state index contributed by atoms with van der Waals surface area (Å²) in [7, 11) is 0. The minimum absolute atomic E-state index is 0.296. The second kappa shape index (κ2) is 3.50. The highest BCUT2D eigenvalue weighted by molar-refractivity contribution is 7.99. The van der Waals surface area contributed by atoms with Crippen molar-refractivity contribution >= 4 is 23.4 Å². The first kappa shape index (κ1) is 9.34. The first-order valence-corrected chi connectivity index (χ1v) is 5.41. The van der Waals surface area contributed by atoms with E-state index in [4.69, 9.17) is 17.3 Å². The highest BCUT2D eigenvalue weighted by atomic mass is 35.5. The van der Waals surface area contributed by atoms with Crippen LogP contribution in [0, 0.1) is 0 Å². The summed E-state index contributed by atoms with van der Waals surface area (Å²) < 4.78 is 0. The zero-order valence-electron chi connectivity index (χ0n) is 6.90. The summed E-state index contributed by atoms with van der Waals surface area (Å²) >= 11 is 7.46. The summed E-state index contributed by atoms with van der Waals surface area (Å²) in [5.74, 6) is 0.662. The van der Waals surface area contributed by atoms with Gasteiger partial charge in [0.15, 0.2) is 0 Å². The summed E-state index contributed by atoms with van der Waals surface area (Å²) in [4.78, 5) is 1.13. The molecule has 0 amide bonds. The fourth-order valence-corrected chi connectivity index (χ4v) is 2.66. The molecule has 1 aromatic carbocycles. The highest BCUT2D eigenvalue weighted by Gasteiger charge is 2.25. The third-order valence-corrected chi connectivity index (χ3v) is 3.58.